The summed E-state index contributed by atoms with van der Waals surface area (Å²) in [6.07, 6.45) is -0.754. The number of nitrogens with one attached hydrogen (secondary N) is 1. The zero-order valence-electron chi connectivity index (χ0n) is 10.8. The van der Waals surface area contributed by atoms with E-state index in [1.807, 2.05) is 0 Å². The Balaban J connectivity index is 2.28. The number of amides is 1. The summed E-state index contributed by atoms with van der Waals surface area (Å²) in [7, 11) is 0. The maximum atomic E-state index is 13.6. The normalized spacial score (nSPS) is 11.9. The molecule has 0 aromatic heterocycles. The number of aromatic hydroxyl groups is 1. The van der Waals surface area contributed by atoms with Crippen molar-refractivity contribution < 1.29 is 19.4 Å². The molecule has 3 N–H and O–H groups in total. The van der Waals surface area contributed by atoms with Crippen molar-refractivity contribution in [3.8, 4) is 5.75 Å². The van der Waals surface area contributed by atoms with Crippen LogP contribution in [-0.2, 0) is 0 Å². The monoisotopic (exact) mass is 275 g/mol. The molecule has 2 aromatic carbocycles. The maximum Gasteiger partial charge on any atom is 0.258 e. The van der Waals surface area contributed by atoms with Crippen molar-refractivity contribution in [2.45, 2.75) is 13.0 Å². The van der Waals surface area contributed by atoms with Crippen LogP contribution in [0.3, 0.4) is 0 Å². The molecule has 0 saturated carbocycles. The topological polar surface area (TPSA) is 69.6 Å². The maximum absolute atomic E-state index is 13.6. The Bertz CT molecular complexity index is 641. The molecule has 2 aromatic rings. The molecule has 1 atom stereocenters. The van der Waals surface area contributed by atoms with Gasteiger partial charge in [-0.05, 0) is 25.1 Å². The second kappa shape index (κ2) is 5.71. The van der Waals surface area contributed by atoms with Crippen molar-refractivity contribution in [2.24, 2.45) is 0 Å². The summed E-state index contributed by atoms with van der Waals surface area (Å²) in [5.41, 5.74) is 0.781. The van der Waals surface area contributed by atoms with E-state index in [2.05, 4.69) is 5.32 Å². The van der Waals surface area contributed by atoms with Gasteiger partial charge in [0, 0.05) is 17.3 Å². The Morgan fingerprint density at radius 2 is 1.95 bits per heavy atom. The molecule has 0 heterocycles. The van der Waals surface area contributed by atoms with E-state index >= 15 is 0 Å². The van der Waals surface area contributed by atoms with E-state index in [0.29, 0.717) is 11.3 Å². The molecule has 0 aliphatic rings. The van der Waals surface area contributed by atoms with Crippen LogP contribution in [-0.4, -0.2) is 16.1 Å². The van der Waals surface area contributed by atoms with Gasteiger partial charge in [-0.2, -0.15) is 0 Å². The number of hydrogen-bond acceptors (Lipinski definition) is 3. The molecule has 0 radical (unpaired) electrons. The second-order valence-corrected chi connectivity index (χ2v) is 4.38. The predicted molar refractivity (Wildman–Crippen MR) is 73.1 cm³/mol. The number of phenolic OH excluding ortho intramolecular Hbond substituents is 1. The van der Waals surface area contributed by atoms with Gasteiger partial charge < -0.3 is 15.5 Å². The molecule has 104 valence electrons. The van der Waals surface area contributed by atoms with Crippen molar-refractivity contribution in [3.63, 3.8) is 0 Å². The number of carbonyl (C=O) groups is 1. The molecular formula is C15H14FNO3. The number of aliphatic hydroxyl groups is 1. The number of rotatable bonds is 3. The number of halogens is 1. The Labute approximate surface area is 115 Å². The fourth-order valence-electron chi connectivity index (χ4n) is 1.85. The molecular weight excluding hydrogens is 261 g/mol. The summed E-state index contributed by atoms with van der Waals surface area (Å²) in [5.74, 6) is -1.70. The molecule has 0 fully saturated rings. The molecule has 0 aliphatic carbocycles. The summed E-state index contributed by atoms with van der Waals surface area (Å²) in [4.78, 5) is 12.0. The molecule has 5 heteroatoms. The fourth-order valence-corrected chi connectivity index (χ4v) is 1.85. The standard InChI is InChI=1S/C15H14FNO3/c1-9(18)11-4-2-3-5-14(11)17-15(20)12-7-6-10(19)8-13(12)16/h2-9,18-19H,1H3,(H,17,20). The van der Waals surface area contributed by atoms with Gasteiger partial charge in [0.15, 0.2) is 0 Å². The minimum atomic E-state index is -0.808. The van der Waals surface area contributed by atoms with Crippen LogP contribution in [0.15, 0.2) is 42.5 Å². The summed E-state index contributed by atoms with van der Waals surface area (Å²) in [5, 5.41) is 21.3. The molecule has 1 unspecified atom stereocenters. The summed E-state index contributed by atoms with van der Waals surface area (Å²) in [6.45, 7) is 1.58. The minimum absolute atomic E-state index is 0.178. The van der Waals surface area contributed by atoms with Crippen LogP contribution in [0.5, 0.6) is 5.75 Å². The van der Waals surface area contributed by atoms with Crippen LogP contribution >= 0.6 is 0 Å². The molecule has 0 spiro atoms. The van der Waals surface area contributed by atoms with Crippen molar-refractivity contribution in [1.82, 2.24) is 0 Å². The quantitative estimate of drug-likeness (QED) is 0.806. The number of anilines is 1. The molecule has 20 heavy (non-hydrogen) atoms. The zero-order chi connectivity index (χ0) is 14.7. The highest BCUT2D eigenvalue weighted by atomic mass is 19.1. The largest absolute Gasteiger partial charge is 0.508 e. The van der Waals surface area contributed by atoms with Crippen molar-refractivity contribution in [1.29, 1.82) is 0 Å². The van der Waals surface area contributed by atoms with E-state index in [1.54, 1.807) is 31.2 Å². The van der Waals surface area contributed by atoms with E-state index in [9.17, 15) is 14.3 Å². The first kappa shape index (κ1) is 14.0. The Morgan fingerprint density at radius 3 is 2.60 bits per heavy atom. The van der Waals surface area contributed by atoms with Crippen molar-refractivity contribution >= 4 is 11.6 Å². The number of benzene rings is 2. The van der Waals surface area contributed by atoms with Crippen LogP contribution < -0.4 is 5.32 Å². The van der Waals surface area contributed by atoms with Gasteiger partial charge in [-0.1, -0.05) is 18.2 Å². The summed E-state index contributed by atoms with van der Waals surface area (Å²) < 4.78 is 13.6. The second-order valence-electron chi connectivity index (χ2n) is 4.38. The smallest absolute Gasteiger partial charge is 0.258 e. The number of phenols is 1. The van der Waals surface area contributed by atoms with E-state index in [4.69, 9.17) is 5.11 Å². The molecule has 0 saturated heterocycles. The number of aliphatic hydroxyl groups excluding tert-OH is 1. The number of para-hydroxylation sites is 1. The third-order valence-electron chi connectivity index (χ3n) is 2.86. The van der Waals surface area contributed by atoms with Gasteiger partial charge in [0.25, 0.3) is 5.91 Å². The van der Waals surface area contributed by atoms with Gasteiger partial charge >= 0.3 is 0 Å². The lowest BCUT2D eigenvalue weighted by Crippen LogP contribution is -2.15. The van der Waals surface area contributed by atoms with Gasteiger partial charge in [0.1, 0.15) is 11.6 Å². The van der Waals surface area contributed by atoms with Gasteiger partial charge in [-0.25, -0.2) is 4.39 Å². The van der Waals surface area contributed by atoms with Crippen LogP contribution in [0.1, 0.15) is 28.9 Å². The van der Waals surface area contributed by atoms with Crippen molar-refractivity contribution in [2.75, 3.05) is 5.32 Å². The third kappa shape index (κ3) is 2.95. The molecule has 0 bridgehead atoms. The van der Waals surface area contributed by atoms with Crippen molar-refractivity contribution in [3.05, 3.63) is 59.4 Å². The minimum Gasteiger partial charge on any atom is -0.508 e. The van der Waals surface area contributed by atoms with Gasteiger partial charge in [0.2, 0.25) is 0 Å². The lowest BCUT2D eigenvalue weighted by molar-refractivity contribution is 0.102. The van der Waals surface area contributed by atoms with Gasteiger partial charge in [-0.15, -0.1) is 0 Å². The number of hydrogen-bond donors (Lipinski definition) is 3. The number of carbonyl (C=O) groups excluding carboxylic acids is 1. The first-order chi connectivity index (χ1) is 9.49. The predicted octanol–water partition coefficient (Wildman–Crippen LogP) is 2.84. The fraction of sp³-hybridized carbons (Fsp3) is 0.133. The van der Waals surface area contributed by atoms with Crippen LogP contribution in [0, 0.1) is 5.82 Å². The zero-order valence-corrected chi connectivity index (χ0v) is 10.8. The summed E-state index contributed by atoms with van der Waals surface area (Å²) >= 11 is 0. The first-order valence-electron chi connectivity index (χ1n) is 6.06. The van der Waals surface area contributed by atoms with Gasteiger partial charge in [0.05, 0.1) is 11.7 Å². The Hall–Kier alpha value is -2.40. The Kier molecular flexibility index (Phi) is 4.00. The highest BCUT2D eigenvalue weighted by molar-refractivity contribution is 6.04. The lowest BCUT2D eigenvalue weighted by Gasteiger charge is -2.13. The average molecular weight is 275 g/mol. The molecule has 1 amide bonds. The van der Waals surface area contributed by atoms with E-state index in [0.717, 1.165) is 6.07 Å². The highest BCUT2D eigenvalue weighted by Crippen LogP contribution is 2.23. The molecule has 0 aliphatic heterocycles. The lowest BCUT2D eigenvalue weighted by atomic mass is 10.1. The van der Waals surface area contributed by atoms with Crippen LogP contribution in [0.25, 0.3) is 0 Å². The average Bonchev–Trinajstić information content (AvgIpc) is 2.38. The van der Waals surface area contributed by atoms with Gasteiger partial charge in [-0.3, -0.25) is 4.79 Å². The Morgan fingerprint density at radius 1 is 1.25 bits per heavy atom. The first-order valence-corrected chi connectivity index (χ1v) is 6.06. The molecule has 2 rings (SSSR count). The van der Waals surface area contributed by atoms with Crippen LogP contribution in [0.4, 0.5) is 10.1 Å². The van der Waals surface area contributed by atoms with E-state index in [-0.39, 0.29) is 11.3 Å². The third-order valence-corrected chi connectivity index (χ3v) is 2.86. The van der Waals surface area contributed by atoms with Crippen LogP contribution in [0.2, 0.25) is 0 Å². The SMILES string of the molecule is CC(O)c1ccccc1NC(=O)c1ccc(O)cc1F. The van der Waals surface area contributed by atoms with E-state index in [1.165, 1.54) is 12.1 Å². The van der Waals surface area contributed by atoms with E-state index < -0.39 is 17.8 Å². The molecule has 4 nitrogen and oxygen atoms in total. The summed E-state index contributed by atoms with van der Waals surface area (Å²) in [6, 6.07) is 10.0. The highest BCUT2D eigenvalue weighted by Gasteiger charge is 2.15.